The minimum Gasteiger partial charge on any atom is -0.0856 e. The van der Waals surface area contributed by atoms with Crippen LogP contribution in [0.5, 0.6) is 0 Å². The molecule has 0 aliphatic carbocycles. The average Bonchev–Trinajstić information content (AvgIpc) is 2.84. The van der Waals surface area contributed by atoms with Crippen LogP contribution in [0.25, 0.3) is 0 Å². The third-order valence-corrected chi connectivity index (χ3v) is 6.75. The third kappa shape index (κ3) is 27.0. The molecule has 0 spiro atoms. The molecule has 0 aromatic rings. The Balaban J connectivity index is 3.81. The predicted molar refractivity (Wildman–Crippen MR) is 177 cm³/mol. The van der Waals surface area contributed by atoms with Crippen LogP contribution in [-0.2, 0) is 0 Å². The number of rotatable bonds is 21. The van der Waals surface area contributed by atoms with Gasteiger partial charge in [0.2, 0.25) is 0 Å². The van der Waals surface area contributed by atoms with Crippen LogP contribution >= 0.6 is 0 Å². The maximum atomic E-state index is 2.37. The predicted octanol–water partition coefficient (Wildman–Crippen LogP) is 13.3. The summed E-state index contributed by atoms with van der Waals surface area (Å²) >= 11 is 0. The van der Waals surface area contributed by atoms with Crippen LogP contribution in [-0.4, -0.2) is 0 Å². The van der Waals surface area contributed by atoms with Crippen molar-refractivity contribution in [2.45, 2.75) is 145 Å². The smallest absolute Gasteiger partial charge is 0.0161 e. The second-order valence-corrected chi connectivity index (χ2v) is 11.6. The molecule has 0 aromatic heterocycles. The Bertz CT molecular complexity index is 764. The van der Waals surface area contributed by atoms with Crippen LogP contribution in [0, 0.1) is 0 Å². The molecule has 0 aliphatic heterocycles. The summed E-state index contributed by atoms with van der Waals surface area (Å²) < 4.78 is 0. The molecule has 0 saturated heterocycles. The summed E-state index contributed by atoms with van der Waals surface area (Å²) in [6.07, 6.45) is 40.7. The minimum atomic E-state index is 1.05. The summed E-state index contributed by atoms with van der Waals surface area (Å²) in [5.74, 6) is 0. The maximum absolute atomic E-state index is 2.37. The summed E-state index contributed by atoms with van der Waals surface area (Å²) in [6, 6.07) is 0. The fourth-order valence-corrected chi connectivity index (χ4v) is 4.18. The van der Waals surface area contributed by atoms with Crippen LogP contribution in [0.4, 0.5) is 0 Å². The lowest BCUT2D eigenvalue weighted by Gasteiger charge is -2.00. The minimum absolute atomic E-state index is 1.05. The fraction of sp³-hybridized carbons (Fsp3) is 0.579. The molecule has 0 bridgehead atoms. The van der Waals surface area contributed by atoms with Gasteiger partial charge in [-0.05, 0) is 120 Å². The lowest BCUT2D eigenvalue weighted by atomic mass is 10.1. The summed E-state index contributed by atoms with van der Waals surface area (Å²) in [5.41, 5.74) is 8.61. The SMILES string of the molecule is CC(C)=CCC/C(C)=C\C/C=C(C)/C=C/CCCCCCCC/C=C/C(C)=C/C/C=C(\C)CCC=C(C)C. The molecule has 0 atom stereocenters. The Labute approximate surface area is 239 Å². The van der Waals surface area contributed by atoms with Crippen molar-refractivity contribution in [2.24, 2.45) is 0 Å². The van der Waals surface area contributed by atoms with Gasteiger partial charge in [-0.3, -0.25) is 0 Å². The molecular weight excluding hydrogens is 456 g/mol. The highest BCUT2D eigenvalue weighted by atomic mass is 14.0. The van der Waals surface area contributed by atoms with Crippen LogP contribution in [0.2, 0.25) is 0 Å². The zero-order valence-corrected chi connectivity index (χ0v) is 26.7. The molecule has 0 nitrogen and oxygen atoms in total. The van der Waals surface area contributed by atoms with Crippen molar-refractivity contribution in [2.75, 3.05) is 0 Å². The van der Waals surface area contributed by atoms with Crippen molar-refractivity contribution in [3.63, 3.8) is 0 Å². The summed E-state index contributed by atoms with van der Waals surface area (Å²) in [4.78, 5) is 0. The molecule has 0 radical (unpaired) electrons. The van der Waals surface area contributed by atoms with E-state index >= 15 is 0 Å². The first-order valence-electron chi connectivity index (χ1n) is 15.4. The molecular formula is C38H62. The van der Waals surface area contributed by atoms with Crippen molar-refractivity contribution in [1.82, 2.24) is 0 Å². The number of hydrogen-bond acceptors (Lipinski definition) is 0. The van der Waals surface area contributed by atoms with E-state index < -0.39 is 0 Å². The van der Waals surface area contributed by atoms with Crippen LogP contribution in [0.3, 0.4) is 0 Å². The van der Waals surface area contributed by atoms with Gasteiger partial charge in [-0.15, -0.1) is 0 Å². The first-order chi connectivity index (χ1) is 18.2. The van der Waals surface area contributed by atoms with Gasteiger partial charge in [0.15, 0.2) is 0 Å². The van der Waals surface area contributed by atoms with Gasteiger partial charge >= 0.3 is 0 Å². The zero-order chi connectivity index (χ0) is 28.4. The molecule has 38 heavy (non-hydrogen) atoms. The van der Waals surface area contributed by atoms with Gasteiger partial charge in [0, 0.05) is 0 Å². The Morgan fingerprint density at radius 1 is 0.395 bits per heavy atom. The van der Waals surface area contributed by atoms with Gasteiger partial charge in [0.05, 0.1) is 0 Å². The molecule has 0 unspecified atom stereocenters. The first kappa shape index (κ1) is 35.9. The molecule has 0 amide bonds. The Hall–Kier alpha value is -2.08. The molecule has 0 aromatic carbocycles. The molecule has 0 fully saturated rings. The third-order valence-electron chi connectivity index (χ3n) is 6.75. The van der Waals surface area contributed by atoms with Gasteiger partial charge in [-0.1, -0.05) is 120 Å². The largest absolute Gasteiger partial charge is 0.0856 e. The van der Waals surface area contributed by atoms with Crippen molar-refractivity contribution in [3.8, 4) is 0 Å². The zero-order valence-electron chi connectivity index (χ0n) is 26.7. The van der Waals surface area contributed by atoms with Gasteiger partial charge in [-0.2, -0.15) is 0 Å². The second-order valence-electron chi connectivity index (χ2n) is 11.6. The topological polar surface area (TPSA) is 0 Å². The van der Waals surface area contributed by atoms with E-state index in [1.807, 2.05) is 0 Å². The molecule has 214 valence electrons. The van der Waals surface area contributed by atoms with E-state index in [4.69, 9.17) is 0 Å². The highest BCUT2D eigenvalue weighted by Gasteiger charge is 1.92. The molecule has 0 aliphatic rings. The number of hydrogen-bond donors (Lipinski definition) is 0. The quantitative estimate of drug-likeness (QED) is 0.0805. The lowest BCUT2D eigenvalue weighted by Crippen LogP contribution is -1.80. The number of unbranched alkanes of at least 4 members (excludes halogenated alkanes) is 7. The van der Waals surface area contributed by atoms with E-state index in [9.17, 15) is 0 Å². The van der Waals surface area contributed by atoms with Crippen molar-refractivity contribution in [3.05, 3.63) is 94.2 Å². The maximum Gasteiger partial charge on any atom is -0.0161 e. The van der Waals surface area contributed by atoms with E-state index in [0.717, 1.165) is 25.7 Å². The summed E-state index contributed by atoms with van der Waals surface area (Å²) in [6.45, 7) is 17.6. The van der Waals surface area contributed by atoms with Crippen molar-refractivity contribution >= 4 is 0 Å². The second kappa shape index (κ2) is 25.2. The van der Waals surface area contributed by atoms with E-state index in [1.165, 1.54) is 97.6 Å². The van der Waals surface area contributed by atoms with Gasteiger partial charge in [0.1, 0.15) is 0 Å². The van der Waals surface area contributed by atoms with Crippen LogP contribution in [0.15, 0.2) is 94.2 Å². The molecule has 0 N–H and O–H groups in total. The summed E-state index contributed by atoms with van der Waals surface area (Å²) in [7, 11) is 0. The molecule has 0 heteroatoms. The monoisotopic (exact) mass is 518 g/mol. The van der Waals surface area contributed by atoms with Crippen molar-refractivity contribution in [1.29, 1.82) is 0 Å². The fourth-order valence-electron chi connectivity index (χ4n) is 4.18. The Morgan fingerprint density at radius 2 is 0.763 bits per heavy atom. The lowest BCUT2D eigenvalue weighted by molar-refractivity contribution is 0.600. The van der Waals surface area contributed by atoms with E-state index in [-0.39, 0.29) is 0 Å². The van der Waals surface area contributed by atoms with Gasteiger partial charge in [0.25, 0.3) is 0 Å². The Morgan fingerprint density at radius 3 is 1.13 bits per heavy atom. The molecule has 0 heterocycles. The van der Waals surface area contributed by atoms with Crippen molar-refractivity contribution < 1.29 is 0 Å². The van der Waals surface area contributed by atoms with Crippen LogP contribution in [0.1, 0.15) is 145 Å². The van der Waals surface area contributed by atoms with Crippen LogP contribution < -0.4 is 0 Å². The average molecular weight is 519 g/mol. The van der Waals surface area contributed by atoms with E-state index in [2.05, 4.69) is 116 Å². The first-order valence-corrected chi connectivity index (χ1v) is 15.4. The Kier molecular flexibility index (Phi) is 23.8. The normalized spacial score (nSPS) is 13.6. The summed E-state index contributed by atoms with van der Waals surface area (Å²) in [5, 5.41) is 0. The van der Waals surface area contributed by atoms with E-state index in [0.29, 0.717) is 0 Å². The highest BCUT2D eigenvalue weighted by Crippen LogP contribution is 2.12. The van der Waals surface area contributed by atoms with E-state index in [1.54, 1.807) is 0 Å². The van der Waals surface area contributed by atoms with Gasteiger partial charge in [-0.25, -0.2) is 0 Å². The van der Waals surface area contributed by atoms with Gasteiger partial charge < -0.3 is 0 Å². The standard InChI is InChI=1S/C38H62/c1-33(2)23-19-27-37(7)31-21-29-35(5)25-17-15-13-11-9-10-12-14-16-18-26-36(6)30-22-32-38(8)28-20-24-34(3)4/h17-18,23-26,29-32H,9-16,19-22,27-28H2,1-8H3/b25-17+,26-18+,35-29+,36-30+,37-31-,38-32+. The number of allylic oxidation sites excluding steroid dienone is 16. The molecule has 0 saturated carbocycles. The highest BCUT2D eigenvalue weighted by molar-refractivity contribution is 5.18. The molecule has 0 rings (SSSR count).